The van der Waals surface area contributed by atoms with Crippen LogP contribution in [0.15, 0.2) is 30.3 Å². The van der Waals surface area contributed by atoms with Crippen molar-refractivity contribution in [1.82, 2.24) is 5.32 Å². The number of anilines is 1. The number of carbonyl (C=O) groups is 2. The maximum Gasteiger partial charge on any atom is 0.416 e. The van der Waals surface area contributed by atoms with E-state index < -0.39 is 47.4 Å². The number of hydrogen-bond donors (Lipinski definition) is 1. The number of ether oxygens (including phenoxy) is 3. The predicted octanol–water partition coefficient (Wildman–Crippen LogP) is 4.91. The Morgan fingerprint density at radius 1 is 1.03 bits per heavy atom. The molecule has 7 nitrogen and oxygen atoms in total. The highest BCUT2D eigenvalue weighted by Gasteiger charge is 2.37. The summed E-state index contributed by atoms with van der Waals surface area (Å²) in [5, 5.41) is 2.72. The molecule has 3 rings (SSSR count). The lowest BCUT2D eigenvalue weighted by molar-refractivity contribution is -0.143. The molecule has 1 amide bonds. The van der Waals surface area contributed by atoms with Gasteiger partial charge >= 0.3 is 12.4 Å². The summed E-state index contributed by atoms with van der Waals surface area (Å²) in [4.78, 5) is 25.4. The van der Waals surface area contributed by atoms with E-state index in [0.29, 0.717) is 54.3 Å². The van der Waals surface area contributed by atoms with Crippen LogP contribution in [0, 0.1) is 0 Å². The van der Waals surface area contributed by atoms with Gasteiger partial charge < -0.3 is 24.4 Å². The van der Waals surface area contributed by atoms with E-state index in [4.69, 9.17) is 14.2 Å². The van der Waals surface area contributed by atoms with Gasteiger partial charge in [-0.25, -0.2) is 0 Å². The molecule has 13 heteroatoms. The third kappa shape index (κ3) is 6.62. The smallest absolute Gasteiger partial charge is 0.416 e. The second-order valence-electron chi connectivity index (χ2n) is 8.74. The van der Waals surface area contributed by atoms with Gasteiger partial charge in [-0.1, -0.05) is 0 Å². The molecule has 1 N–H and O–H groups in total. The maximum atomic E-state index is 13.2. The van der Waals surface area contributed by atoms with Crippen LogP contribution in [0.1, 0.15) is 41.6 Å². The van der Waals surface area contributed by atoms with E-state index in [2.05, 4.69) is 5.32 Å². The van der Waals surface area contributed by atoms with Gasteiger partial charge in [-0.2, -0.15) is 26.3 Å². The number of benzene rings is 2. The lowest BCUT2D eigenvalue weighted by Crippen LogP contribution is -2.44. The van der Waals surface area contributed by atoms with Gasteiger partial charge in [0.2, 0.25) is 5.91 Å². The van der Waals surface area contributed by atoms with Crippen LogP contribution in [0.4, 0.5) is 32.0 Å². The predicted molar refractivity (Wildman–Crippen MR) is 124 cm³/mol. The molecular weight excluding hydrogens is 522 g/mol. The molecule has 0 aliphatic carbocycles. The van der Waals surface area contributed by atoms with Crippen LogP contribution in [0.2, 0.25) is 0 Å². The van der Waals surface area contributed by atoms with Crippen molar-refractivity contribution >= 4 is 18.1 Å². The van der Waals surface area contributed by atoms with Crippen LogP contribution < -0.4 is 19.7 Å². The van der Waals surface area contributed by atoms with Gasteiger partial charge in [0, 0.05) is 23.9 Å². The van der Waals surface area contributed by atoms with E-state index in [0.717, 1.165) is 0 Å². The molecule has 2 unspecified atom stereocenters. The number of halogens is 6. The first-order valence-corrected chi connectivity index (χ1v) is 11.4. The van der Waals surface area contributed by atoms with Crippen LogP contribution in [0.5, 0.6) is 11.5 Å². The molecule has 2 aromatic carbocycles. The van der Waals surface area contributed by atoms with Crippen LogP contribution in [-0.2, 0) is 33.1 Å². The van der Waals surface area contributed by atoms with Crippen molar-refractivity contribution in [3.05, 3.63) is 52.6 Å². The van der Waals surface area contributed by atoms with E-state index in [-0.39, 0.29) is 18.7 Å². The Morgan fingerprint density at radius 3 is 2.13 bits per heavy atom. The third-order valence-electron chi connectivity index (χ3n) is 6.16. The summed E-state index contributed by atoms with van der Waals surface area (Å²) in [5.41, 5.74) is -2.16. The maximum absolute atomic E-state index is 13.2. The van der Waals surface area contributed by atoms with Crippen LogP contribution >= 0.6 is 0 Å². The first kappa shape index (κ1) is 28.9. The molecule has 0 fully saturated rings. The molecular formula is C25H26F6N2O5. The highest BCUT2D eigenvalue weighted by Crippen LogP contribution is 2.42. The normalized spacial score (nSPS) is 16.3. The van der Waals surface area contributed by atoms with Crippen molar-refractivity contribution < 1.29 is 50.1 Å². The molecule has 0 aromatic heterocycles. The van der Waals surface area contributed by atoms with Crippen LogP contribution in [0.3, 0.4) is 0 Å². The molecule has 0 saturated carbocycles. The van der Waals surface area contributed by atoms with E-state index in [1.54, 1.807) is 12.1 Å². The van der Waals surface area contributed by atoms with Crippen molar-refractivity contribution in [3.8, 4) is 11.5 Å². The van der Waals surface area contributed by atoms with Gasteiger partial charge in [0.05, 0.1) is 43.9 Å². The van der Waals surface area contributed by atoms with Gasteiger partial charge in [-0.3, -0.25) is 9.59 Å². The molecule has 2 aromatic rings. The summed E-state index contributed by atoms with van der Waals surface area (Å²) < 4.78 is 94.8. The Hall–Kier alpha value is -3.64. The topological polar surface area (TPSA) is 77.1 Å². The highest BCUT2D eigenvalue weighted by atomic mass is 19.4. The van der Waals surface area contributed by atoms with Crippen LogP contribution in [0.25, 0.3) is 0 Å². The summed E-state index contributed by atoms with van der Waals surface area (Å²) in [6, 6.07) is 3.54. The molecule has 38 heavy (non-hydrogen) atoms. The molecule has 0 spiro atoms. The van der Waals surface area contributed by atoms with Crippen molar-refractivity contribution in [1.29, 1.82) is 0 Å². The first-order valence-electron chi connectivity index (χ1n) is 11.4. The van der Waals surface area contributed by atoms with E-state index >= 15 is 0 Å². The standard InChI is InChI=1S/C25H26F6N2O5/c1-14(12-38-13-34)33-5-4-19(18-10-21(36-2)22(37-3)11-20(18)33)32-23(35)8-15-6-16(24(26,27)28)9-17(7-15)25(29,30)31/h6-7,9-11,13-14,19H,4-5,8,12H2,1-3H3,(H,32,35). The Kier molecular flexibility index (Phi) is 8.68. The Bertz CT molecular complexity index is 1140. The number of fused-ring (bicyclic) bond motifs is 1. The number of alkyl halides is 6. The van der Waals surface area contributed by atoms with Crippen molar-refractivity contribution in [2.24, 2.45) is 0 Å². The molecule has 208 valence electrons. The minimum absolute atomic E-state index is 0.0164. The highest BCUT2D eigenvalue weighted by molar-refractivity contribution is 5.80. The van der Waals surface area contributed by atoms with Crippen molar-refractivity contribution in [3.63, 3.8) is 0 Å². The van der Waals surface area contributed by atoms with E-state index in [1.807, 2.05) is 11.8 Å². The van der Waals surface area contributed by atoms with Crippen molar-refractivity contribution in [2.75, 3.05) is 32.3 Å². The molecule has 2 atom stereocenters. The minimum atomic E-state index is -5.02. The zero-order valence-electron chi connectivity index (χ0n) is 20.7. The number of nitrogens with one attached hydrogen (secondary N) is 1. The van der Waals surface area contributed by atoms with Gasteiger partial charge in [-0.15, -0.1) is 0 Å². The summed E-state index contributed by atoms with van der Waals surface area (Å²) in [7, 11) is 2.87. The van der Waals surface area contributed by atoms with Gasteiger partial charge in [0.1, 0.15) is 6.61 Å². The quantitative estimate of drug-likeness (QED) is 0.355. The Morgan fingerprint density at radius 2 is 1.61 bits per heavy atom. The first-order chi connectivity index (χ1) is 17.8. The summed E-state index contributed by atoms with van der Waals surface area (Å²) >= 11 is 0. The molecule has 1 aliphatic rings. The van der Waals surface area contributed by atoms with E-state index in [1.165, 1.54) is 14.2 Å². The Labute approximate surface area is 214 Å². The van der Waals surface area contributed by atoms with Crippen LogP contribution in [-0.4, -0.2) is 45.8 Å². The van der Waals surface area contributed by atoms with Gasteiger partial charge in [0.15, 0.2) is 11.5 Å². The van der Waals surface area contributed by atoms with Crippen molar-refractivity contribution in [2.45, 2.75) is 44.2 Å². The average molecular weight is 548 g/mol. The number of carbonyl (C=O) groups excluding carboxylic acids is 2. The largest absolute Gasteiger partial charge is 0.493 e. The number of hydrogen-bond acceptors (Lipinski definition) is 6. The van der Waals surface area contributed by atoms with E-state index in [9.17, 15) is 35.9 Å². The molecule has 1 heterocycles. The fourth-order valence-corrected chi connectivity index (χ4v) is 4.38. The summed E-state index contributed by atoms with van der Waals surface area (Å²) in [5.74, 6) is 0.00110. The second-order valence-corrected chi connectivity index (χ2v) is 8.74. The average Bonchev–Trinajstić information content (AvgIpc) is 2.85. The SMILES string of the molecule is COc1cc2c(cc1OC)N(C(C)COC=O)CCC2NC(=O)Cc1cc(C(F)(F)F)cc(C(F)(F)F)c1. The fourth-order valence-electron chi connectivity index (χ4n) is 4.38. The fraction of sp³-hybridized carbons (Fsp3) is 0.440. The summed E-state index contributed by atoms with van der Waals surface area (Å²) in [6.45, 7) is 2.65. The molecule has 0 saturated heterocycles. The second kappa shape index (κ2) is 11.4. The monoisotopic (exact) mass is 548 g/mol. The molecule has 0 bridgehead atoms. The third-order valence-corrected chi connectivity index (χ3v) is 6.16. The molecule has 0 radical (unpaired) electrons. The lowest BCUT2D eigenvalue weighted by Gasteiger charge is -2.39. The van der Waals surface area contributed by atoms with Gasteiger partial charge in [-0.05, 0) is 43.2 Å². The number of rotatable bonds is 9. The number of methoxy groups -OCH3 is 2. The Balaban J connectivity index is 1.91. The zero-order valence-corrected chi connectivity index (χ0v) is 20.7. The number of amides is 1. The zero-order chi connectivity index (χ0) is 28.3. The lowest BCUT2D eigenvalue weighted by atomic mass is 9.94. The summed E-state index contributed by atoms with van der Waals surface area (Å²) in [6.07, 6.45) is -10.4. The minimum Gasteiger partial charge on any atom is -0.493 e. The van der Waals surface area contributed by atoms with Gasteiger partial charge in [0.25, 0.3) is 6.47 Å². The number of nitrogens with zero attached hydrogens (tertiary/aromatic N) is 1. The molecule has 1 aliphatic heterocycles.